The Kier molecular flexibility index (Phi) is 3.75. The van der Waals surface area contributed by atoms with E-state index in [4.69, 9.17) is 28.9 Å². The zero-order valence-electron chi connectivity index (χ0n) is 9.28. The molecule has 2 rings (SSSR count). The summed E-state index contributed by atoms with van der Waals surface area (Å²) in [4.78, 5) is 11.9. The third-order valence-electron chi connectivity index (χ3n) is 2.37. The van der Waals surface area contributed by atoms with E-state index in [1.54, 1.807) is 42.5 Å². The van der Waals surface area contributed by atoms with Crippen LogP contribution in [0.25, 0.3) is 0 Å². The van der Waals surface area contributed by atoms with Gasteiger partial charge in [-0.25, -0.2) is 0 Å². The van der Waals surface area contributed by atoms with E-state index in [2.05, 4.69) is 5.32 Å². The zero-order valence-corrected chi connectivity index (χ0v) is 10.8. The highest BCUT2D eigenvalue weighted by Crippen LogP contribution is 2.23. The number of nitrogens with one attached hydrogen (secondary N) is 1. The van der Waals surface area contributed by atoms with Crippen LogP contribution in [0.3, 0.4) is 0 Å². The predicted octanol–water partition coefficient (Wildman–Crippen LogP) is 3.83. The Morgan fingerprint density at radius 1 is 1.00 bits per heavy atom. The van der Waals surface area contributed by atoms with Gasteiger partial charge in [-0.05, 0) is 42.5 Å². The third kappa shape index (κ3) is 2.94. The van der Waals surface area contributed by atoms with Crippen LogP contribution in [0.1, 0.15) is 10.4 Å². The van der Waals surface area contributed by atoms with Crippen molar-refractivity contribution in [3.05, 3.63) is 58.1 Å². The van der Waals surface area contributed by atoms with Crippen LogP contribution in [0.5, 0.6) is 0 Å². The molecule has 0 atom stereocenters. The molecule has 3 nitrogen and oxygen atoms in total. The minimum absolute atomic E-state index is 0.263. The van der Waals surface area contributed by atoms with Crippen molar-refractivity contribution in [2.24, 2.45) is 0 Å². The summed E-state index contributed by atoms with van der Waals surface area (Å²) in [5, 5.41) is 3.78. The van der Waals surface area contributed by atoms with Gasteiger partial charge in [-0.2, -0.15) is 0 Å². The molecular formula is C13H10Cl2N2O. The lowest BCUT2D eigenvalue weighted by Crippen LogP contribution is -2.13. The Bertz CT molecular complexity index is 582. The van der Waals surface area contributed by atoms with Gasteiger partial charge in [-0.1, -0.05) is 23.2 Å². The largest absolute Gasteiger partial charge is 0.397 e. The molecule has 0 radical (unpaired) electrons. The van der Waals surface area contributed by atoms with Gasteiger partial charge in [0, 0.05) is 15.6 Å². The maximum Gasteiger partial charge on any atom is 0.255 e. The normalized spacial score (nSPS) is 10.1. The van der Waals surface area contributed by atoms with Crippen molar-refractivity contribution in [2.45, 2.75) is 0 Å². The first-order chi connectivity index (χ1) is 8.56. The lowest BCUT2D eigenvalue weighted by Gasteiger charge is -2.08. The fourth-order valence-electron chi connectivity index (χ4n) is 1.43. The molecule has 0 aliphatic rings. The number of hydrogen-bond donors (Lipinski definition) is 2. The van der Waals surface area contributed by atoms with Gasteiger partial charge in [-0.15, -0.1) is 0 Å². The average Bonchev–Trinajstić information content (AvgIpc) is 2.34. The molecule has 0 spiro atoms. The molecule has 0 saturated carbocycles. The Labute approximate surface area is 115 Å². The molecule has 2 aromatic rings. The highest BCUT2D eigenvalue weighted by molar-refractivity contribution is 6.31. The van der Waals surface area contributed by atoms with Crippen LogP contribution in [-0.2, 0) is 0 Å². The van der Waals surface area contributed by atoms with Gasteiger partial charge in [0.25, 0.3) is 5.91 Å². The van der Waals surface area contributed by atoms with E-state index in [0.717, 1.165) is 0 Å². The predicted molar refractivity (Wildman–Crippen MR) is 75.3 cm³/mol. The van der Waals surface area contributed by atoms with Crippen molar-refractivity contribution >= 4 is 40.5 Å². The van der Waals surface area contributed by atoms with Gasteiger partial charge >= 0.3 is 0 Å². The number of rotatable bonds is 2. The topological polar surface area (TPSA) is 55.1 Å². The molecule has 0 saturated heterocycles. The number of anilines is 2. The minimum atomic E-state index is -0.263. The third-order valence-corrected chi connectivity index (χ3v) is 2.86. The van der Waals surface area contributed by atoms with Crippen molar-refractivity contribution in [1.29, 1.82) is 0 Å². The zero-order chi connectivity index (χ0) is 13.1. The van der Waals surface area contributed by atoms with Gasteiger partial charge in [0.15, 0.2) is 0 Å². The Hall–Kier alpha value is -1.71. The molecule has 92 valence electrons. The molecule has 0 heterocycles. The number of halogens is 2. The Morgan fingerprint density at radius 3 is 2.28 bits per heavy atom. The van der Waals surface area contributed by atoms with Crippen LogP contribution in [0.2, 0.25) is 10.0 Å². The van der Waals surface area contributed by atoms with Crippen molar-refractivity contribution in [3.63, 3.8) is 0 Å². The fraction of sp³-hybridized carbons (Fsp3) is 0. The summed E-state index contributed by atoms with van der Waals surface area (Å²) in [6, 6.07) is 11.5. The number of nitrogens with two attached hydrogens (primary N) is 1. The van der Waals surface area contributed by atoms with Crippen LogP contribution in [0.15, 0.2) is 42.5 Å². The summed E-state index contributed by atoms with van der Waals surface area (Å²) in [7, 11) is 0. The van der Waals surface area contributed by atoms with E-state index >= 15 is 0 Å². The van der Waals surface area contributed by atoms with Gasteiger partial charge < -0.3 is 11.1 Å². The number of carbonyl (C=O) groups excluding carboxylic acids is 1. The van der Waals surface area contributed by atoms with Crippen LogP contribution >= 0.6 is 23.2 Å². The maximum absolute atomic E-state index is 11.9. The van der Waals surface area contributed by atoms with E-state index in [-0.39, 0.29) is 5.91 Å². The van der Waals surface area contributed by atoms with Crippen molar-refractivity contribution < 1.29 is 4.79 Å². The molecule has 0 aliphatic carbocycles. The van der Waals surface area contributed by atoms with Crippen LogP contribution < -0.4 is 11.1 Å². The van der Waals surface area contributed by atoms with E-state index in [1.807, 2.05) is 0 Å². The fourth-order valence-corrected chi connectivity index (χ4v) is 1.73. The van der Waals surface area contributed by atoms with Crippen molar-refractivity contribution in [3.8, 4) is 0 Å². The Balaban J connectivity index is 2.21. The van der Waals surface area contributed by atoms with Crippen LogP contribution in [0.4, 0.5) is 11.4 Å². The van der Waals surface area contributed by atoms with Gasteiger partial charge in [0.05, 0.1) is 11.4 Å². The molecule has 5 heteroatoms. The van der Waals surface area contributed by atoms with E-state index in [0.29, 0.717) is 27.0 Å². The lowest BCUT2D eigenvalue weighted by molar-refractivity contribution is 0.102. The number of hydrogen-bond acceptors (Lipinski definition) is 2. The number of nitrogen functional groups attached to an aromatic ring is 1. The first-order valence-corrected chi connectivity index (χ1v) is 5.94. The molecule has 3 N–H and O–H groups in total. The first-order valence-electron chi connectivity index (χ1n) is 5.18. The monoisotopic (exact) mass is 280 g/mol. The second-order valence-electron chi connectivity index (χ2n) is 3.69. The van der Waals surface area contributed by atoms with Crippen molar-refractivity contribution in [1.82, 2.24) is 0 Å². The molecule has 0 unspecified atom stereocenters. The molecule has 0 fully saturated rings. The van der Waals surface area contributed by atoms with Crippen LogP contribution in [-0.4, -0.2) is 5.91 Å². The van der Waals surface area contributed by atoms with Gasteiger partial charge in [0.1, 0.15) is 0 Å². The first kappa shape index (κ1) is 12.7. The number of benzene rings is 2. The van der Waals surface area contributed by atoms with E-state index in [1.165, 1.54) is 0 Å². The molecule has 0 aromatic heterocycles. The summed E-state index contributed by atoms with van der Waals surface area (Å²) in [5.74, 6) is -0.263. The number of amides is 1. The highest BCUT2D eigenvalue weighted by Gasteiger charge is 2.08. The van der Waals surface area contributed by atoms with Gasteiger partial charge in [-0.3, -0.25) is 4.79 Å². The second-order valence-corrected chi connectivity index (χ2v) is 4.57. The summed E-state index contributed by atoms with van der Waals surface area (Å²) in [6.45, 7) is 0. The quantitative estimate of drug-likeness (QED) is 0.822. The van der Waals surface area contributed by atoms with Crippen molar-refractivity contribution in [2.75, 3.05) is 11.1 Å². The summed E-state index contributed by atoms with van der Waals surface area (Å²) >= 11 is 11.6. The van der Waals surface area contributed by atoms with E-state index in [9.17, 15) is 4.79 Å². The molecule has 0 aliphatic heterocycles. The molecular weight excluding hydrogens is 271 g/mol. The smallest absolute Gasteiger partial charge is 0.255 e. The molecule has 1 amide bonds. The summed E-state index contributed by atoms with van der Waals surface area (Å²) < 4.78 is 0. The molecule has 0 bridgehead atoms. The number of carbonyl (C=O) groups is 1. The summed E-state index contributed by atoms with van der Waals surface area (Å²) in [5.41, 5.74) is 7.19. The minimum Gasteiger partial charge on any atom is -0.397 e. The van der Waals surface area contributed by atoms with Gasteiger partial charge in [0.2, 0.25) is 0 Å². The second kappa shape index (κ2) is 5.29. The Morgan fingerprint density at radius 2 is 1.61 bits per heavy atom. The SMILES string of the molecule is Nc1ccc(Cl)cc1NC(=O)c1ccc(Cl)cc1. The molecule has 2 aromatic carbocycles. The standard InChI is InChI=1S/C13H10Cl2N2O/c14-9-3-1-8(2-4-9)13(18)17-12-7-10(15)5-6-11(12)16/h1-7H,16H2,(H,17,18). The molecule has 18 heavy (non-hydrogen) atoms. The average molecular weight is 281 g/mol. The summed E-state index contributed by atoms with van der Waals surface area (Å²) in [6.07, 6.45) is 0. The van der Waals surface area contributed by atoms with Crippen LogP contribution in [0, 0.1) is 0 Å². The van der Waals surface area contributed by atoms with E-state index < -0.39 is 0 Å². The maximum atomic E-state index is 11.9. The highest BCUT2D eigenvalue weighted by atomic mass is 35.5. The lowest BCUT2D eigenvalue weighted by atomic mass is 10.2.